The van der Waals surface area contributed by atoms with Crippen LogP contribution in [0.15, 0.2) is 54.6 Å². The molecule has 6 nitrogen and oxygen atoms in total. The standard InChI is InChI=1S/C24H23FN4O2/c25-16-24(10-12-27-13-11-24)22-21(28-19-8-4-5-9-20(19)29-22)18(14-26)23(30)31-15-17-6-2-1-3-7-17/h1-9,18,27H,10-13,15-16H2. The number of aromatic nitrogens is 2. The van der Waals surface area contributed by atoms with Crippen LogP contribution in [0.25, 0.3) is 11.0 Å². The van der Waals surface area contributed by atoms with Crippen molar-refractivity contribution >= 4 is 17.0 Å². The maximum atomic E-state index is 14.4. The summed E-state index contributed by atoms with van der Waals surface area (Å²) in [7, 11) is 0. The van der Waals surface area contributed by atoms with Crippen LogP contribution in [-0.4, -0.2) is 35.7 Å². The third-order valence-electron chi connectivity index (χ3n) is 5.78. The van der Waals surface area contributed by atoms with Gasteiger partial charge in [-0.05, 0) is 43.6 Å². The summed E-state index contributed by atoms with van der Waals surface area (Å²) in [6, 6.07) is 18.5. The van der Waals surface area contributed by atoms with Gasteiger partial charge in [0.25, 0.3) is 0 Å². The van der Waals surface area contributed by atoms with Gasteiger partial charge in [-0.3, -0.25) is 9.18 Å². The van der Waals surface area contributed by atoms with Crippen molar-refractivity contribution in [3.8, 4) is 6.07 Å². The minimum absolute atomic E-state index is 0.0480. The molecule has 1 aliphatic rings. The van der Waals surface area contributed by atoms with Crippen LogP contribution >= 0.6 is 0 Å². The number of esters is 1. The molecule has 1 saturated heterocycles. The van der Waals surface area contributed by atoms with Gasteiger partial charge in [0.15, 0.2) is 5.92 Å². The highest BCUT2D eigenvalue weighted by Gasteiger charge is 2.41. The molecule has 3 aromatic rings. The number of carbonyl (C=O) groups is 1. The first-order valence-corrected chi connectivity index (χ1v) is 10.3. The largest absolute Gasteiger partial charge is 0.460 e. The number of piperidine rings is 1. The van der Waals surface area contributed by atoms with Crippen molar-refractivity contribution < 1.29 is 13.9 Å². The van der Waals surface area contributed by atoms with E-state index in [0.29, 0.717) is 42.7 Å². The van der Waals surface area contributed by atoms with E-state index in [9.17, 15) is 14.4 Å². The minimum atomic E-state index is -1.28. The Bertz CT molecular complexity index is 1110. The van der Waals surface area contributed by atoms with Crippen LogP contribution in [0.3, 0.4) is 0 Å². The van der Waals surface area contributed by atoms with Crippen LogP contribution in [-0.2, 0) is 21.6 Å². The number of hydrogen-bond donors (Lipinski definition) is 1. The number of nitrogens with one attached hydrogen (secondary N) is 1. The molecule has 4 rings (SSSR count). The SMILES string of the molecule is N#CC(C(=O)OCc1ccccc1)c1nc2ccccc2nc1C1(CF)CCNCC1. The normalized spacial score (nSPS) is 16.4. The van der Waals surface area contributed by atoms with E-state index in [2.05, 4.69) is 10.3 Å². The molecule has 1 fully saturated rings. The second-order valence-electron chi connectivity index (χ2n) is 7.77. The number of benzene rings is 2. The summed E-state index contributed by atoms with van der Waals surface area (Å²) >= 11 is 0. The molecule has 1 unspecified atom stereocenters. The molecular formula is C24H23FN4O2. The van der Waals surface area contributed by atoms with Crippen molar-refractivity contribution in [3.05, 3.63) is 71.5 Å². The lowest BCUT2D eigenvalue weighted by Gasteiger charge is -2.36. The molecular weight excluding hydrogens is 395 g/mol. The first kappa shape index (κ1) is 20.9. The van der Waals surface area contributed by atoms with Crippen molar-refractivity contribution in [2.24, 2.45) is 0 Å². The van der Waals surface area contributed by atoms with Crippen molar-refractivity contribution in [1.29, 1.82) is 5.26 Å². The third-order valence-corrected chi connectivity index (χ3v) is 5.78. The predicted molar refractivity (Wildman–Crippen MR) is 114 cm³/mol. The van der Waals surface area contributed by atoms with Crippen LogP contribution in [0.1, 0.15) is 35.7 Å². The number of carbonyl (C=O) groups excluding carboxylic acids is 1. The number of fused-ring (bicyclic) bond motifs is 1. The van der Waals surface area contributed by atoms with E-state index >= 15 is 0 Å². The van der Waals surface area contributed by atoms with Gasteiger partial charge in [-0.15, -0.1) is 0 Å². The maximum Gasteiger partial charge on any atom is 0.329 e. The monoisotopic (exact) mass is 418 g/mol. The lowest BCUT2D eigenvalue weighted by molar-refractivity contribution is -0.145. The van der Waals surface area contributed by atoms with E-state index in [4.69, 9.17) is 9.72 Å². The summed E-state index contributed by atoms with van der Waals surface area (Å²) in [5.74, 6) is -1.99. The van der Waals surface area contributed by atoms with Crippen LogP contribution in [0, 0.1) is 11.3 Å². The van der Waals surface area contributed by atoms with E-state index in [-0.39, 0.29) is 12.3 Å². The Morgan fingerprint density at radius 2 is 1.74 bits per heavy atom. The Hall–Kier alpha value is -3.37. The highest BCUT2D eigenvalue weighted by molar-refractivity contribution is 5.83. The van der Waals surface area contributed by atoms with Gasteiger partial charge >= 0.3 is 5.97 Å². The zero-order valence-electron chi connectivity index (χ0n) is 17.1. The molecule has 158 valence electrons. The highest BCUT2D eigenvalue weighted by Crippen LogP contribution is 2.38. The van der Waals surface area contributed by atoms with Crippen LogP contribution in [0.2, 0.25) is 0 Å². The van der Waals surface area contributed by atoms with Crippen molar-refractivity contribution in [2.75, 3.05) is 19.8 Å². The third kappa shape index (κ3) is 4.25. The van der Waals surface area contributed by atoms with Gasteiger partial charge in [0, 0.05) is 5.41 Å². The Kier molecular flexibility index (Phi) is 6.19. The van der Waals surface area contributed by atoms with E-state index in [0.717, 1.165) is 5.56 Å². The number of halogens is 1. The first-order valence-electron chi connectivity index (χ1n) is 10.3. The summed E-state index contributed by atoms with van der Waals surface area (Å²) in [6.45, 7) is 0.680. The predicted octanol–water partition coefficient (Wildman–Crippen LogP) is 3.57. The second-order valence-corrected chi connectivity index (χ2v) is 7.77. The molecule has 0 saturated carbocycles. The molecule has 1 N–H and O–H groups in total. The summed E-state index contributed by atoms with van der Waals surface area (Å²) in [6.07, 6.45) is 1.03. The fraction of sp³-hybridized carbons (Fsp3) is 0.333. The Balaban J connectivity index is 1.74. The number of ether oxygens (including phenoxy) is 1. The molecule has 1 atom stereocenters. The summed E-state index contributed by atoms with van der Waals surface area (Å²) in [5, 5.41) is 13.1. The van der Waals surface area contributed by atoms with Gasteiger partial charge in [-0.25, -0.2) is 9.97 Å². The maximum absolute atomic E-state index is 14.4. The Morgan fingerprint density at radius 1 is 1.10 bits per heavy atom. The molecule has 1 aromatic heterocycles. The fourth-order valence-corrected chi connectivity index (χ4v) is 3.98. The summed E-state index contributed by atoms with van der Waals surface area (Å²) < 4.78 is 19.9. The molecule has 7 heteroatoms. The van der Waals surface area contributed by atoms with Gasteiger partial charge in [-0.2, -0.15) is 5.26 Å². The molecule has 0 spiro atoms. The van der Waals surface area contributed by atoms with Crippen LogP contribution < -0.4 is 5.32 Å². The molecule has 0 radical (unpaired) electrons. The number of para-hydroxylation sites is 2. The Labute approximate surface area is 180 Å². The number of nitrogens with zero attached hydrogens (tertiary/aromatic N) is 3. The van der Waals surface area contributed by atoms with Crippen molar-refractivity contribution in [3.63, 3.8) is 0 Å². The number of rotatable bonds is 6. The number of hydrogen-bond acceptors (Lipinski definition) is 6. The number of nitriles is 1. The quantitative estimate of drug-likeness (QED) is 0.616. The summed E-state index contributed by atoms with van der Waals surface area (Å²) in [5.41, 5.74) is 1.68. The number of alkyl halides is 1. The topological polar surface area (TPSA) is 87.9 Å². The molecule has 31 heavy (non-hydrogen) atoms. The molecule has 0 amide bonds. The van der Waals surface area contributed by atoms with Crippen molar-refractivity contribution in [1.82, 2.24) is 15.3 Å². The summed E-state index contributed by atoms with van der Waals surface area (Å²) in [4.78, 5) is 22.2. The molecule has 1 aliphatic heterocycles. The molecule has 0 bridgehead atoms. The van der Waals surface area contributed by atoms with Gasteiger partial charge in [0.05, 0.1) is 28.5 Å². The van der Waals surface area contributed by atoms with Gasteiger partial charge in [0.2, 0.25) is 0 Å². The first-order chi connectivity index (χ1) is 15.2. The van der Waals surface area contributed by atoms with E-state index in [1.165, 1.54) is 0 Å². The van der Waals surface area contributed by atoms with Crippen LogP contribution in [0.4, 0.5) is 4.39 Å². The molecule has 2 heterocycles. The average Bonchev–Trinajstić information content (AvgIpc) is 2.84. The van der Waals surface area contributed by atoms with E-state index in [1.54, 1.807) is 12.1 Å². The molecule has 0 aliphatic carbocycles. The highest BCUT2D eigenvalue weighted by atomic mass is 19.1. The van der Waals surface area contributed by atoms with Gasteiger partial charge < -0.3 is 10.1 Å². The zero-order valence-corrected chi connectivity index (χ0v) is 17.1. The lowest BCUT2D eigenvalue weighted by atomic mass is 9.75. The average molecular weight is 418 g/mol. The Morgan fingerprint density at radius 3 is 2.39 bits per heavy atom. The zero-order chi connectivity index (χ0) is 21.7. The van der Waals surface area contributed by atoms with Crippen LogP contribution in [0.5, 0.6) is 0 Å². The van der Waals surface area contributed by atoms with E-state index < -0.39 is 24.0 Å². The minimum Gasteiger partial charge on any atom is -0.460 e. The molecule has 2 aromatic carbocycles. The second kappa shape index (κ2) is 9.19. The van der Waals surface area contributed by atoms with Gasteiger partial charge in [0.1, 0.15) is 13.3 Å². The fourth-order valence-electron chi connectivity index (χ4n) is 3.98. The lowest BCUT2D eigenvalue weighted by Crippen LogP contribution is -2.43. The smallest absolute Gasteiger partial charge is 0.329 e. The van der Waals surface area contributed by atoms with E-state index in [1.807, 2.05) is 48.5 Å². The van der Waals surface area contributed by atoms with Gasteiger partial charge in [-0.1, -0.05) is 42.5 Å². The van der Waals surface area contributed by atoms with Crippen molar-refractivity contribution in [2.45, 2.75) is 30.8 Å².